The average molecular weight is 1790 g/mol. The van der Waals surface area contributed by atoms with Gasteiger partial charge in [0.05, 0.1) is 87.6 Å². The Bertz CT molecular complexity index is 7920. The number of benzene rings is 2. The number of nitrogens with zero attached hydrogens (tertiary/aromatic N) is 21. The van der Waals surface area contributed by atoms with Crippen LogP contribution in [-0.4, -0.2) is 132 Å². The summed E-state index contributed by atoms with van der Waals surface area (Å²) in [5.41, 5.74) is 9.85. The Morgan fingerprint density at radius 3 is 1.05 bits per heavy atom. The highest BCUT2D eigenvalue weighted by Gasteiger charge is 2.26. The van der Waals surface area contributed by atoms with Gasteiger partial charge in [0.2, 0.25) is 39.8 Å². The summed E-state index contributed by atoms with van der Waals surface area (Å²) in [6.07, 6.45) is 19.6. The molecule has 0 fully saturated rings. The average Bonchev–Trinajstić information content (AvgIpc) is 1.69. The van der Waals surface area contributed by atoms with Crippen LogP contribution in [0, 0.1) is 46.0 Å². The minimum Gasteiger partial charge on any atom is -0.456 e. The van der Waals surface area contributed by atoms with E-state index in [4.69, 9.17) is 55.5 Å². The molecule has 0 bridgehead atoms. The number of aliphatic hydroxyl groups is 1. The van der Waals surface area contributed by atoms with E-state index >= 15 is 0 Å². The highest BCUT2D eigenvalue weighted by molar-refractivity contribution is 5.97. The fourth-order valence-corrected chi connectivity index (χ4v) is 13.9. The van der Waals surface area contributed by atoms with Crippen molar-refractivity contribution < 1.29 is 29.0 Å². The molecular formula is C92H88N28O13. The normalized spacial score (nSPS) is 10.5. The third-order valence-corrected chi connectivity index (χ3v) is 20.4. The Labute approximate surface area is 755 Å². The summed E-state index contributed by atoms with van der Waals surface area (Å²) in [5, 5.41) is 28.2. The Morgan fingerprint density at radius 1 is 0.383 bits per heavy atom. The monoisotopic (exact) mass is 1790 g/mol. The molecule has 2 aromatic carbocycles. The van der Waals surface area contributed by atoms with E-state index in [1.165, 1.54) is 82.1 Å². The molecule has 0 radical (unpaired) electrons. The molecule has 41 nitrogen and oxygen atoms in total. The first-order chi connectivity index (χ1) is 64.3. The molecule has 0 aliphatic carbocycles. The summed E-state index contributed by atoms with van der Waals surface area (Å²) in [6.45, 7) is 71.4. The lowest BCUT2D eigenvalue weighted by Crippen LogP contribution is -2.25. The third-order valence-electron chi connectivity index (χ3n) is 20.4. The van der Waals surface area contributed by atoms with E-state index in [2.05, 4.69) is 125 Å². The number of aromatic amines is 7. The van der Waals surface area contributed by atoms with E-state index < -0.39 is 11.5 Å². The second kappa shape index (κ2) is 44.9. The van der Waals surface area contributed by atoms with Gasteiger partial charge in [0, 0.05) is 102 Å². The minimum atomic E-state index is -0.674. The number of aromatic nitrogens is 21. The number of ketones is 2. The lowest BCUT2D eigenvalue weighted by Gasteiger charge is -2.08. The number of carbonyl (C=O) groups is 3. The molecular weight excluding hydrogens is 1710 g/mol. The molecule has 0 spiro atoms. The van der Waals surface area contributed by atoms with Crippen molar-refractivity contribution in [3.63, 3.8) is 0 Å². The molecule has 133 heavy (non-hydrogen) atoms. The van der Waals surface area contributed by atoms with Crippen LogP contribution in [0.2, 0.25) is 0 Å². The van der Waals surface area contributed by atoms with E-state index in [0.29, 0.717) is 137 Å². The predicted octanol–water partition coefficient (Wildman–Crippen LogP) is 13.5. The first kappa shape index (κ1) is 97.2. The molecule has 14 heterocycles. The van der Waals surface area contributed by atoms with Crippen molar-refractivity contribution in [3.8, 4) is 11.3 Å². The number of Topliss-reactive ketones (excluding diaryl/α,β-unsaturated/α-hetero) is 2. The van der Waals surface area contributed by atoms with E-state index in [1.54, 1.807) is 32.9 Å². The zero-order chi connectivity index (χ0) is 96.4. The molecule has 8 N–H and O–H groups in total. The number of rotatable bonds is 23. The van der Waals surface area contributed by atoms with Crippen molar-refractivity contribution in [2.45, 2.75) is 152 Å². The number of hydrogen-bond acceptors (Lipinski definition) is 20. The Kier molecular flexibility index (Phi) is 32.9. The summed E-state index contributed by atoms with van der Waals surface area (Å²) < 4.78 is 19.1. The Hall–Kier alpha value is -18.0. The Morgan fingerprint density at radius 2 is 0.699 bits per heavy atom. The molecule has 16 rings (SSSR count). The van der Waals surface area contributed by atoms with Gasteiger partial charge in [-0.15, -0.1) is 13.2 Å². The van der Waals surface area contributed by atoms with Gasteiger partial charge in [0.1, 0.15) is 18.0 Å². The first-order valence-electron chi connectivity index (χ1n) is 41.5. The van der Waals surface area contributed by atoms with Gasteiger partial charge in [-0.2, -0.15) is 0 Å². The molecule has 41 heteroatoms. The number of fused-ring (bicyclic) bond motifs is 7. The van der Waals surface area contributed by atoms with Crippen LogP contribution in [0.5, 0.6) is 0 Å². The number of ether oxygens (including phenoxy) is 2. The van der Waals surface area contributed by atoms with Gasteiger partial charge in [-0.1, -0.05) is 135 Å². The van der Waals surface area contributed by atoms with E-state index in [9.17, 15) is 53.1 Å². The highest BCUT2D eigenvalue weighted by atomic mass is 16.5. The maximum Gasteiger partial charge on any atom is 0.357 e. The lowest BCUT2D eigenvalue weighted by molar-refractivity contribution is 0.0464. The lowest BCUT2D eigenvalue weighted by atomic mass is 10.1. The fraction of sp³-hybridized carbons (Fsp3) is 0.261. The molecule has 0 unspecified atom stereocenters. The van der Waals surface area contributed by atoms with Gasteiger partial charge in [0.25, 0.3) is 38.9 Å². The second-order valence-electron chi connectivity index (χ2n) is 28.5. The van der Waals surface area contributed by atoms with Gasteiger partial charge in [-0.25, -0.2) is 105 Å². The van der Waals surface area contributed by atoms with Crippen LogP contribution in [0.25, 0.3) is 84.7 Å². The van der Waals surface area contributed by atoms with Crippen LogP contribution < -0.4 is 38.9 Å². The summed E-state index contributed by atoms with van der Waals surface area (Å²) in [6, 6.07) is 18.8. The summed E-state index contributed by atoms with van der Waals surface area (Å²) in [5.74, 6) is -0.993. The zero-order valence-corrected chi connectivity index (χ0v) is 73.7. The van der Waals surface area contributed by atoms with Gasteiger partial charge < -0.3 is 50.3 Å². The molecule has 0 saturated carbocycles. The number of allylic oxidation sites excluding steroid dienone is 2. The van der Waals surface area contributed by atoms with Crippen LogP contribution in [0.3, 0.4) is 0 Å². The molecule has 674 valence electrons. The molecule has 16 aromatic rings. The molecule has 0 aliphatic rings. The molecule has 0 saturated heterocycles. The number of hydrogen-bond donors (Lipinski definition) is 8. The summed E-state index contributed by atoms with van der Waals surface area (Å²) in [4.78, 5) is 175. The van der Waals surface area contributed by atoms with Crippen molar-refractivity contribution >= 4 is 96.9 Å². The summed E-state index contributed by atoms with van der Waals surface area (Å²) in [7, 11) is 1.54. The number of methoxy groups -OCH3 is 1. The van der Waals surface area contributed by atoms with Crippen molar-refractivity contribution in [2.75, 3.05) is 7.11 Å². The largest absolute Gasteiger partial charge is 0.456 e. The first-order valence-corrected chi connectivity index (χ1v) is 41.5. The minimum absolute atomic E-state index is 0.0390. The van der Waals surface area contributed by atoms with Crippen LogP contribution in [0.4, 0.5) is 39.8 Å². The number of nitrogens with one attached hydrogen (secondary N) is 7. The van der Waals surface area contributed by atoms with Gasteiger partial charge in [-0.05, 0) is 63.4 Å². The fourth-order valence-electron chi connectivity index (χ4n) is 13.9. The number of carbonyl (C=O) groups excluding carboxylic acids is 3. The van der Waals surface area contributed by atoms with Crippen molar-refractivity contribution in [1.82, 2.24) is 102 Å². The quantitative estimate of drug-likeness (QED) is 0.0128. The van der Waals surface area contributed by atoms with Gasteiger partial charge in [-0.3, -0.25) is 43.2 Å². The van der Waals surface area contributed by atoms with Crippen LogP contribution in [0.1, 0.15) is 174 Å². The van der Waals surface area contributed by atoms with Crippen LogP contribution in [0.15, 0.2) is 163 Å². The number of esters is 1. The maximum absolute atomic E-state index is 12.5. The SMILES string of the molecule is [C-]#[N+]c1c[nH]n2c(=O)c(CC)c(-c3ccccc3)nc12.[C-]#[N+]c1c[nH]n2c(=O)c(CC)c(C(=O)CC)nc12.[C-]#[N+]c1c[nH]n2c(=O)c(CC)c(C(=O)CCC)nc12.[C-]#[N+]c1c[nH]n2c(=O)c(CC)c(C(=O)OCc3ccccc3)nc12.[C-]#[N+]c1c[nH]n2c(=O)c(CC)c(CCC)nc12.[C-]#[N+]c1c[nH]n2c(=O)c(CC=C)c(CO)nc12.[C-]#[N+]c1c[nH]n2c(=O)c(CC=C)c(COC)nc12. The smallest absolute Gasteiger partial charge is 0.357 e. The van der Waals surface area contributed by atoms with Crippen LogP contribution in [-0.2, 0) is 80.7 Å². The Balaban J connectivity index is 0.000000161. The molecule has 0 amide bonds. The van der Waals surface area contributed by atoms with Crippen LogP contribution >= 0.6 is 0 Å². The highest BCUT2D eigenvalue weighted by Crippen LogP contribution is 2.28. The number of aryl methyl sites for hydroxylation is 1. The number of aliphatic hydroxyl groups excluding tert-OH is 1. The number of H-pyrrole nitrogens is 7. The maximum atomic E-state index is 12.5. The van der Waals surface area contributed by atoms with Crippen molar-refractivity contribution in [3.05, 3.63) is 360 Å². The van der Waals surface area contributed by atoms with Gasteiger partial charge in [0.15, 0.2) is 56.8 Å². The van der Waals surface area contributed by atoms with E-state index in [0.717, 1.165) is 35.2 Å². The topological polar surface area (TPSA) is 472 Å². The van der Waals surface area contributed by atoms with Gasteiger partial charge >= 0.3 is 5.97 Å². The predicted molar refractivity (Wildman–Crippen MR) is 495 cm³/mol. The van der Waals surface area contributed by atoms with Crippen molar-refractivity contribution in [1.29, 1.82) is 0 Å². The molecule has 14 aromatic heterocycles. The standard InChI is InChI=1S/C17H14N4O3.C15H12N4O.C13H14N4O2.2C12H12N4O2.C12H14N4O.C11H10N4O2/c1-3-12-14(17(23)24-10-11-7-5-4-6-8-11)20-15-13(18-2)9-19-21(15)16(12)22;1-3-11-13(10-7-5-4-6-8-10)18-14-12(16-2)9-17-19(14)15(11)20;1-4-6-10(18)11-8(5-2)13(19)17-12(16-11)9(14-3)7-15-17;1-4-5-8-10(7-18-3)15-11-9(13-2)6-14-16(11)12(8)17;1-4-7-10(9(17)5-2)15-11-8(13-3)6-14-16(11)12(7)18;1-4-6-9-8(5-2)12(17)16-11(15-9)10(13-3)7-14-16;1-3-4-7-9(6-16)14-10-8(12-2)5-13-15(10)11(7)17/h4-9,19H,3,10H2,1H3;4-9,17H,3H2,1H3;7,15H,4-6H2,1-2H3;4,6,14H,1,5,7H2,3H3;6,14H,4-5H2,1-2H3;7,14H,4-6H2,1-2H3;3,5,13,16H,1,4,6H2. The van der Waals surface area contributed by atoms with E-state index in [1.807, 2.05) is 88.4 Å². The van der Waals surface area contributed by atoms with E-state index in [-0.39, 0.29) is 139 Å². The molecule has 0 aliphatic heterocycles. The summed E-state index contributed by atoms with van der Waals surface area (Å²) >= 11 is 0. The molecule has 0 atom stereocenters. The second-order valence-corrected chi connectivity index (χ2v) is 28.5. The zero-order valence-electron chi connectivity index (χ0n) is 73.7. The third kappa shape index (κ3) is 20.4. The van der Waals surface area contributed by atoms with Crippen molar-refractivity contribution in [2.24, 2.45) is 0 Å².